The number of carbonyl (C=O) groups excluding carboxylic acids is 2. The highest BCUT2D eigenvalue weighted by molar-refractivity contribution is 6.03. The van der Waals surface area contributed by atoms with Gasteiger partial charge in [-0.15, -0.1) is 6.58 Å². The van der Waals surface area contributed by atoms with Crippen LogP contribution in [0.4, 0.5) is 0 Å². The number of aliphatic hydroxyl groups excluding tert-OH is 2. The largest absolute Gasteiger partial charge is 0.459 e. The maximum absolute atomic E-state index is 14.6. The lowest BCUT2D eigenvalue weighted by molar-refractivity contribution is -0.252. The van der Waals surface area contributed by atoms with Crippen LogP contribution >= 0.6 is 0 Å². The summed E-state index contributed by atoms with van der Waals surface area (Å²) >= 11 is 0. The number of fused-ring (bicyclic) bond motifs is 3. The number of likely N-dealkylation sites (N-methyl/N-ethyl adjacent to an activating group) is 1. The molecule has 0 aromatic heterocycles. The first-order valence-electron chi connectivity index (χ1n) is 20.0. The summed E-state index contributed by atoms with van der Waals surface area (Å²) in [6.45, 7) is 6.66. The molecule has 12 nitrogen and oxygen atoms in total. The molecule has 0 bridgehead atoms. The maximum Gasteiger partial charge on any atom is 0.254 e. The summed E-state index contributed by atoms with van der Waals surface area (Å²) in [4.78, 5) is 33.7. The van der Waals surface area contributed by atoms with Crippen LogP contribution in [0.5, 0.6) is 28.7 Å². The molecule has 7 rings (SSSR count). The minimum Gasteiger partial charge on any atom is -0.459 e. The number of allylic oxidation sites excluding steroid dienone is 1. The Labute approximate surface area is 333 Å². The number of unbranched alkanes of at least 4 members (excludes halogenated alkanes) is 2. The summed E-state index contributed by atoms with van der Waals surface area (Å²) in [6.07, 6.45) is 9.64. The van der Waals surface area contributed by atoms with Crippen molar-refractivity contribution in [1.82, 2.24) is 4.90 Å². The topological polar surface area (TPSA) is 146 Å². The van der Waals surface area contributed by atoms with Crippen molar-refractivity contribution < 1.29 is 48.3 Å². The Balaban J connectivity index is 1.41. The van der Waals surface area contributed by atoms with E-state index < -0.39 is 17.7 Å². The summed E-state index contributed by atoms with van der Waals surface area (Å²) in [5.74, 6) is 0.597. The lowest BCUT2D eigenvalue weighted by Crippen LogP contribution is -2.69. The molecule has 2 aliphatic carbocycles. The smallest absolute Gasteiger partial charge is 0.254 e. The van der Waals surface area contributed by atoms with Gasteiger partial charge in [0.05, 0.1) is 18.2 Å². The molecule has 0 saturated heterocycles. The second-order valence-corrected chi connectivity index (χ2v) is 15.0. The van der Waals surface area contributed by atoms with Gasteiger partial charge < -0.3 is 43.6 Å². The van der Waals surface area contributed by atoms with Gasteiger partial charge in [-0.2, -0.15) is 0 Å². The molecule has 0 unspecified atom stereocenters. The Kier molecular flexibility index (Phi) is 12.6. The third-order valence-electron chi connectivity index (χ3n) is 11.6. The van der Waals surface area contributed by atoms with E-state index in [1.807, 2.05) is 31.2 Å². The van der Waals surface area contributed by atoms with Gasteiger partial charge in [0.25, 0.3) is 5.91 Å². The Morgan fingerprint density at radius 2 is 1.75 bits per heavy atom. The summed E-state index contributed by atoms with van der Waals surface area (Å²) < 4.78 is 31.7. The van der Waals surface area contributed by atoms with E-state index in [4.69, 9.17) is 33.7 Å². The number of carbonyl (C=O) groups is 2. The minimum absolute atomic E-state index is 0.0500. The molecule has 12 heteroatoms. The predicted molar refractivity (Wildman–Crippen MR) is 213 cm³/mol. The van der Waals surface area contributed by atoms with Crippen molar-refractivity contribution >= 4 is 17.9 Å². The molecule has 3 aromatic rings. The lowest BCUT2D eigenvalue weighted by atomic mass is 9.55. The fourth-order valence-electron chi connectivity index (χ4n) is 9.10. The van der Waals surface area contributed by atoms with Crippen molar-refractivity contribution in [2.45, 2.75) is 69.6 Å². The van der Waals surface area contributed by atoms with Crippen molar-refractivity contribution in [2.24, 2.45) is 22.9 Å². The maximum atomic E-state index is 14.6. The first-order chi connectivity index (χ1) is 27.8. The molecule has 4 aliphatic rings. The Morgan fingerprint density at radius 1 is 0.982 bits per heavy atom. The first-order valence-corrected chi connectivity index (χ1v) is 20.0. The summed E-state index contributed by atoms with van der Waals surface area (Å²) in [5, 5.41) is 24.4. The van der Waals surface area contributed by atoms with Gasteiger partial charge in [-0.3, -0.25) is 9.59 Å². The predicted octanol–water partition coefficient (Wildman–Crippen LogP) is 7.45. The number of nitrogens with zero attached hydrogens (tertiary/aromatic N) is 2. The number of aliphatic hydroxyl groups is 2. The van der Waals surface area contributed by atoms with Crippen LogP contribution in [0.1, 0.15) is 84.1 Å². The second-order valence-electron chi connectivity index (χ2n) is 15.0. The minimum atomic E-state index is -1.39. The van der Waals surface area contributed by atoms with Crippen LogP contribution in [0.3, 0.4) is 0 Å². The van der Waals surface area contributed by atoms with Gasteiger partial charge in [0, 0.05) is 49.3 Å². The molecule has 1 saturated carbocycles. The quantitative estimate of drug-likeness (QED) is 0.0578. The zero-order valence-corrected chi connectivity index (χ0v) is 32.6. The monoisotopic (exact) mass is 780 g/mol. The fourth-order valence-corrected chi connectivity index (χ4v) is 9.10. The van der Waals surface area contributed by atoms with Crippen LogP contribution in [-0.4, -0.2) is 85.1 Å². The van der Waals surface area contributed by atoms with Crippen molar-refractivity contribution in [3.63, 3.8) is 0 Å². The SMILES string of the molecule is C=CCO[C@@]12Oc3ccc(Oc4cccc(C=O)c4)cc3[C@H]3[C@H](CCCCO)[C@@H](CCCCO)C=C(C(=NOCC)C[C@@H]1N(C)C(=O)c1ccc4c(c1)OCO4)[C@H]32. The van der Waals surface area contributed by atoms with Gasteiger partial charge in [0.1, 0.15) is 36.2 Å². The third-order valence-corrected chi connectivity index (χ3v) is 11.6. The van der Waals surface area contributed by atoms with E-state index in [2.05, 4.69) is 12.7 Å². The van der Waals surface area contributed by atoms with Gasteiger partial charge in [-0.1, -0.05) is 42.3 Å². The summed E-state index contributed by atoms with van der Waals surface area (Å²) in [5.41, 5.74) is 3.51. The highest BCUT2D eigenvalue weighted by Crippen LogP contribution is 2.62. The molecule has 57 heavy (non-hydrogen) atoms. The van der Waals surface area contributed by atoms with E-state index >= 15 is 0 Å². The molecule has 0 radical (unpaired) electrons. The van der Waals surface area contributed by atoms with Gasteiger partial charge in [0.2, 0.25) is 12.6 Å². The molecule has 1 fully saturated rings. The number of oxime groups is 1. The van der Waals surface area contributed by atoms with E-state index in [1.54, 1.807) is 54.4 Å². The summed E-state index contributed by atoms with van der Waals surface area (Å²) in [6, 6.07) is 17.2. The highest BCUT2D eigenvalue weighted by atomic mass is 16.7. The first kappa shape index (κ1) is 40.0. The number of ether oxygens (including phenoxy) is 5. The van der Waals surface area contributed by atoms with Crippen LogP contribution < -0.4 is 18.9 Å². The van der Waals surface area contributed by atoms with E-state index in [0.29, 0.717) is 65.0 Å². The fraction of sp³-hybridized carbons (Fsp3) is 0.444. The molecule has 1 amide bonds. The lowest BCUT2D eigenvalue weighted by Gasteiger charge is -2.59. The van der Waals surface area contributed by atoms with Gasteiger partial charge >= 0.3 is 0 Å². The number of hydrogen-bond acceptors (Lipinski definition) is 11. The van der Waals surface area contributed by atoms with E-state index in [1.165, 1.54) is 0 Å². The van der Waals surface area contributed by atoms with E-state index in [0.717, 1.165) is 43.1 Å². The molecule has 0 spiro atoms. The average Bonchev–Trinajstić information content (AvgIpc) is 3.71. The molecule has 302 valence electrons. The van der Waals surface area contributed by atoms with Crippen LogP contribution in [0.2, 0.25) is 0 Å². The number of benzene rings is 3. The zero-order valence-electron chi connectivity index (χ0n) is 32.6. The molecule has 3 aromatic carbocycles. The second kappa shape index (κ2) is 18.0. The summed E-state index contributed by atoms with van der Waals surface area (Å²) in [7, 11) is 1.77. The van der Waals surface area contributed by atoms with Crippen molar-refractivity contribution in [3.8, 4) is 28.7 Å². The third kappa shape index (κ3) is 8.03. The average molecular weight is 781 g/mol. The van der Waals surface area contributed by atoms with Gasteiger partial charge in [-0.25, -0.2) is 0 Å². The Morgan fingerprint density at radius 3 is 2.53 bits per heavy atom. The molecule has 2 heterocycles. The van der Waals surface area contributed by atoms with Crippen LogP contribution in [0, 0.1) is 17.8 Å². The molecular weight excluding hydrogens is 728 g/mol. The molecular formula is C45H52N2O10. The highest BCUT2D eigenvalue weighted by Gasteiger charge is 2.65. The normalized spacial score (nSPS) is 24.7. The van der Waals surface area contributed by atoms with Crippen LogP contribution in [0.15, 0.2) is 90.1 Å². The molecule has 6 atom stereocenters. The van der Waals surface area contributed by atoms with E-state index in [-0.39, 0.29) is 56.7 Å². The number of rotatable bonds is 18. The Hall–Kier alpha value is -5.17. The van der Waals surface area contributed by atoms with Crippen LogP contribution in [0.25, 0.3) is 0 Å². The van der Waals surface area contributed by atoms with Crippen LogP contribution in [-0.2, 0) is 9.57 Å². The van der Waals surface area contributed by atoms with Gasteiger partial charge in [0.15, 0.2) is 11.5 Å². The molecule has 2 aliphatic heterocycles. The molecule has 2 N–H and O–H groups in total. The standard InChI is InChI=1S/C45H52N2O10/c1-4-21-54-45-41(47(3)44(51)31-15-17-39-40(24-31)53-28-52-39)26-37(46-55-5-2)35-23-30(12-6-8-19-48)34(14-7-9-20-49)42(43(35)45)36-25-33(16-18-38(36)57-45)56-32-13-10-11-29(22-32)27-50/h4,10-11,13,15-18,22-25,27,30,34,41-43,48-49H,1,5-9,12,14,19-21,26,28H2,2-3H3/t30-,34+,41-,42+,43+,45+/m0/s1. The number of amides is 1. The van der Waals surface area contributed by atoms with Gasteiger partial charge in [-0.05, 0) is 98.5 Å². The van der Waals surface area contributed by atoms with E-state index in [9.17, 15) is 19.8 Å². The van der Waals surface area contributed by atoms with Crippen molar-refractivity contribution in [2.75, 3.05) is 40.3 Å². The number of aldehydes is 1. The number of hydrogen-bond donors (Lipinski definition) is 2. The Bertz CT molecular complexity index is 2000. The van der Waals surface area contributed by atoms with Crippen molar-refractivity contribution in [3.05, 3.63) is 102 Å². The van der Waals surface area contributed by atoms with Crippen molar-refractivity contribution in [1.29, 1.82) is 0 Å². The zero-order chi connectivity index (χ0) is 39.9.